The van der Waals surface area contributed by atoms with Gasteiger partial charge in [-0.2, -0.15) is 13.2 Å². The van der Waals surface area contributed by atoms with Crippen molar-refractivity contribution in [2.45, 2.75) is 26.4 Å². The van der Waals surface area contributed by atoms with E-state index in [9.17, 15) is 27.2 Å². The second-order valence-electron chi connectivity index (χ2n) is 6.63. The molecule has 0 saturated heterocycles. The molecular formula is C20H16F4N4O2S. The van der Waals surface area contributed by atoms with Gasteiger partial charge in [0.2, 0.25) is 0 Å². The average Bonchev–Trinajstić information content (AvgIpc) is 3.10. The van der Waals surface area contributed by atoms with E-state index in [2.05, 4.69) is 20.6 Å². The lowest BCUT2D eigenvalue weighted by Gasteiger charge is -2.12. The van der Waals surface area contributed by atoms with Gasteiger partial charge in [0.05, 0.1) is 35.1 Å². The highest BCUT2D eigenvalue weighted by Crippen LogP contribution is 2.24. The third-order valence-electron chi connectivity index (χ3n) is 4.12. The molecule has 6 nitrogen and oxygen atoms in total. The maximum Gasteiger partial charge on any atom is 0.394 e. The molecule has 11 heteroatoms. The molecule has 0 unspecified atom stereocenters. The Morgan fingerprint density at radius 3 is 2.35 bits per heavy atom. The quantitative estimate of drug-likeness (QED) is 0.539. The Kier molecular flexibility index (Phi) is 6.34. The van der Waals surface area contributed by atoms with Crippen molar-refractivity contribution in [1.82, 2.24) is 9.97 Å². The molecule has 3 rings (SSSR count). The second kappa shape index (κ2) is 8.80. The van der Waals surface area contributed by atoms with Crippen LogP contribution in [0.3, 0.4) is 0 Å². The summed E-state index contributed by atoms with van der Waals surface area (Å²) in [5, 5.41) is 5.71. The SMILES string of the molecule is Cc1ncc(C(=O)Nc2cc(C(=O)Nc3ccc(CC(F)(F)F)nc3)c(F)cc2C)s1. The molecule has 0 spiro atoms. The Morgan fingerprint density at radius 1 is 1.03 bits per heavy atom. The van der Waals surface area contributed by atoms with Gasteiger partial charge in [-0.3, -0.25) is 14.6 Å². The second-order valence-corrected chi connectivity index (χ2v) is 7.86. The fourth-order valence-corrected chi connectivity index (χ4v) is 3.31. The van der Waals surface area contributed by atoms with Gasteiger partial charge in [0.25, 0.3) is 11.8 Å². The average molecular weight is 452 g/mol. The number of aryl methyl sites for hydroxylation is 2. The number of thiazole rings is 1. The zero-order valence-electron chi connectivity index (χ0n) is 16.3. The molecule has 1 aromatic carbocycles. The number of benzene rings is 1. The highest BCUT2D eigenvalue weighted by Gasteiger charge is 2.28. The van der Waals surface area contributed by atoms with Crippen molar-refractivity contribution in [2.75, 3.05) is 10.6 Å². The van der Waals surface area contributed by atoms with Crippen LogP contribution in [-0.2, 0) is 6.42 Å². The van der Waals surface area contributed by atoms with Gasteiger partial charge in [-0.1, -0.05) is 0 Å². The van der Waals surface area contributed by atoms with Crippen molar-refractivity contribution in [3.05, 3.63) is 69.2 Å². The molecule has 0 radical (unpaired) electrons. The molecule has 0 aliphatic rings. The normalized spacial score (nSPS) is 11.3. The van der Waals surface area contributed by atoms with Gasteiger partial charge in [-0.05, 0) is 43.7 Å². The predicted octanol–water partition coefficient (Wildman–Crippen LogP) is 4.90. The topological polar surface area (TPSA) is 84.0 Å². The van der Waals surface area contributed by atoms with Crippen LogP contribution in [0, 0.1) is 19.7 Å². The number of nitrogens with one attached hydrogen (secondary N) is 2. The van der Waals surface area contributed by atoms with Crippen molar-refractivity contribution < 1.29 is 27.2 Å². The number of anilines is 2. The first-order valence-corrected chi connectivity index (χ1v) is 9.70. The van der Waals surface area contributed by atoms with Crippen molar-refractivity contribution in [3.63, 3.8) is 0 Å². The molecule has 31 heavy (non-hydrogen) atoms. The van der Waals surface area contributed by atoms with Crippen LogP contribution in [0.15, 0.2) is 36.7 Å². The van der Waals surface area contributed by atoms with Crippen LogP contribution in [-0.4, -0.2) is 28.0 Å². The zero-order valence-corrected chi connectivity index (χ0v) is 17.1. The summed E-state index contributed by atoms with van der Waals surface area (Å²) in [5.41, 5.74) is 0.181. The fourth-order valence-electron chi connectivity index (χ4n) is 2.64. The van der Waals surface area contributed by atoms with E-state index < -0.39 is 30.2 Å². The molecule has 162 valence electrons. The molecule has 0 saturated carbocycles. The minimum absolute atomic E-state index is 0.0987. The van der Waals surface area contributed by atoms with E-state index in [1.807, 2.05) is 0 Å². The molecule has 2 heterocycles. The lowest BCUT2D eigenvalue weighted by Crippen LogP contribution is -2.17. The summed E-state index contributed by atoms with van der Waals surface area (Å²) in [6, 6.07) is 4.66. The lowest BCUT2D eigenvalue weighted by atomic mass is 10.1. The van der Waals surface area contributed by atoms with Crippen molar-refractivity contribution in [1.29, 1.82) is 0 Å². The summed E-state index contributed by atoms with van der Waals surface area (Å²) in [7, 11) is 0. The first kappa shape index (κ1) is 22.3. The molecule has 2 N–H and O–H groups in total. The van der Waals surface area contributed by atoms with Crippen LogP contribution in [0.2, 0.25) is 0 Å². The van der Waals surface area contributed by atoms with Crippen LogP contribution >= 0.6 is 11.3 Å². The van der Waals surface area contributed by atoms with Gasteiger partial charge < -0.3 is 10.6 Å². The molecule has 0 atom stereocenters. The molecule has 0 bridgehead atoms. The summed E-state index contributed by atoms with van der Waals surface area (Å²) in [4.78, 5) is 32.8. The van der Waals surface area contributed by atoms with Gasteiger partial charge in [0.15, 0.2) is 0 Å². The number of halogens is 4. The maximum atomic E-state index is 14.4. The Bertz CT molecular complexity index is 1130. The highest BCUT2D eigenvalue weighted by atomic mass is 32.1. The number of carbonyl (C=O) groups is 2. The maximum absolute atomic E-state index is 14.4. The molecular weight excluding hydrogens is 436 g/mol. The van der Waals surface area contributed by atoms with Crippen LogP contribution in [0.5, 0.6) is 0 Å². The number of hydrogen-bond acceptors (Lipinski definition) is 5. The van der Waals surface area contributed by atoms with Gasteiger partial charge in [-0.15, -0.1) is 11.3 Å². The molecule has 3 aromatic rings. The molecule has 2 aromatic heterocycles. The third kappa shape index (κ3) is 5.85. The van der Waals surface area contributed by atoms with Crippen LogP contribution < -0.4 is 10.6 Å². The minimum Gasteiger partial charge on any atom is -0.321 e. The number of amides is 2. The largest absolute Gasteiger partial charge is 0.394 e. The number of alkyl halides is 3. The number of nitrogens with zero attached hydrogens (tertiary/aromatic N) is 2. The van der Waals surface area contributed by atoms with E-state index in [0.29, 0.717) is 15.4 Å². The van der Waals surface area contributed by atoms with Gasteiger partial charge >= 0.3 is 6.18 Å². The standard InChI is InChI=1S/C20H16F4N4O2S/c1-10-5-15(21)14(6-16(10)28-19(30)17-9-25-11(2)31-17)18(29)27-13-4-3-12(26-8-13)7-20(22,23)24/h3-6,8-9H,7H2,1-2H3,(H,27,29)(H,28,30). The van der Waals surface area contributed by atoms with Crippen molar-refractivity contribution in [2.24, 2.45) is 0 Å². The predicted molar refractivity (Wildman–Crippen MR) is 108 cm³/mol. The summed E-state index contributed by atoms with van der Waals surface area (Å²) in [6.07, 6.45) is -3.13. The van der Waals surface area contributed by atoms with E-state index >= 15 is 0 Å². The van der Waals surface area contributed by atoms with E-state index in [4.69, 9.17) is 0 Å². The van der Waals surface area contributed by atoms with Gasteiger partial charge in [-0.25, -0.2) is 9.37 Å². The first-order chi connectivity index (χ1) is 14.5. The number of pyridine rings is 1. The van der Waals surface area contributed by atoms with Gasteiger partial charge in [0, 0.05) is 11.4 Å². The van der Waals surface area contributed by atoms with Crippen LogP contribution in [0.4, 0.5) is 28.9 Å². The highest BCUT2D eigenvalue weighted by molar-refractivity contribution is 7.13. The smallest absolute Gasteiger partial charge is 0.321 e. The summed E-state index contributed by atoms with van der Waals surface area (Å²) in [6.45, 7) is 3.32. The molecule has 0 aliphatic heterocycles. The number of rotatable bonds is 5. The van der Waals surface area contributed by atoms with E-state index in [-0.39, 0.29) is 22.6 Å². The van der Waals surface area contributed by atoms with Crippen molar-refractivity contribution in [3.8, 4) is 0 Å². The van der Waals surface area contributed by atoms with E-state index in [1.165, 1.54) is 29.7 Å². The van der Waals surface area contributed by atoms with E-state index in [0.717, 1.165) is 18.3 Å². The minimum atomic E-state index is -4.40. The molecule has 2 amide bonds. The van der Waals surface area contributed by atoms with E-state index in [1.54, 1.807) is 13.8 Å². The number of hydrogen-bond donors (Lipinski definition) is 2. The summed E-state index contributed by atoms with van der Waals surface area (Å²) >= 11 is 1.19. The Hall–Kier alpha value is -3.34. The lowest BCUT2D eigenvalue weighted by molar-refractivity contribution is -0.127. The number of carbonyl (C=O) groups excluding carboxylic acids is 2. The number of aromatic nitrogens is 2. The Labute approximate surface area is 178 Å². The van der Waals surface area contributed by atoms with Gasteiger partial charge in [0.1, 0.15) is 10.7 Å². The summed E-state index contributed by atoms with van der Waals surface area (Å²) in [5.74, 6) is -2.11. The monoisotopic (exact) mass is 452 g/mol. The Morgan fingerprint density at radius 2 is 1.77 bits per heavy atom. The van der Waals surface area contributed by atoms with Crippen molar-refractivity contribution >= 4 is 34.5 Å². The van der Waals surface area contributed by atoms with Crippen LogP contribution in [0.1, 0.15) is 36.3 Å². The first-order valence-electron chi connectivity index (χ1n) is 8.89. The summed E-state index contributed by atoms with van der Waals surface area (Å²) < 4.78 is 51.6. The molecule has 0 aliphatic carbocycles. The molecule has 0 fully saturated rings. The third-order valence-corrected chi connectivity index (χ3v) is 5.03. The Balaban J connectivity index is 1.76. The van der Waals surface area contributed by atoms with Crippen LogP contribution in [0.25, 0.3) is 0 Å². The fraction of sp³-hybridized carbons (Fsp3) is 0.200. The zero-order chi connectivity index (χ0) is 22.8.